The second-order valence-corrected chi connectivity index (χ2v) is 6.24. The zero-order chi connectivity index (χ0) is 18.1. The molecule has 0 N–H and O–H groups in total. The number of carbonyl (C=O) groups excluding carboxylic acids is 1. The molecule has 0 spiro atoms. The first-order valence-corrected chi connectivity index (χ1v) is 8.94. The molecule has 0 bridgehead atoms. The molecular formula is C19H21FO4S. The van der Waals surface area contributed by atoms with Gasteiger partial charge in [-0.15, -0.1) is 11.8 Å². The summed E-state index contributed by atoms with van der Waals surface area (Å²) < 4.78 is 30.0. The fourth-order valence-corrected chi connectivity index (χ4v) is 3.09. The summed E-state index contributed by atoms with van der Waals surface area (Å²) in [7, 11) is 1.48. The molecule has 0 amide bonds. The lowest BCUT2D eigenvalue weighted by molar-refractivity contribution is 0.0425. The van der Waals surface area contributed by atoms with E-state index >= 15 is 0 Å². The average molecular weight is 364 g/mol. The van der Waals surface area contributed by atoms with Crippen LogP contribution in [0.1, 0.15) is 29.3 Å². The van der Waals surface area contributed by atoms with E-state index in [1.54, 1.807) is 0 Å². The number of hydrogen-bond acceptors (Lipinski definition) is 5. The van der Waals surface area contributed by atoms with Crippen molar-refractivity contribution in [2.24, 2.45) is 0 Å². The molecule has 0 atom stereocenters. The highest BCUT2D eigenvalue weighted by Gasteiger charge is 2.22. The molecule has 0 saturated heterocycles. The van der Waals surface area contributed by atoms with E-state index in [2.05, 4.69) is 0 Å². The third-order valence-corrected chi connectivity index (χ3v) is 4.36. The lowest BCUT2D eigenvalue weighted by Crippen LogP contribution is -2.13. The number of benzene rings is 2. The zero-order valence-electron chi connectivity index (χ0n) is 14.3. The first kappa shape index (κ1) is 19.3. The highest BCUT2D eigenvalue weighted by atomic mass is 32.2. The molecule has 0 unspecified atom stereocenters. The van der Waals surface area contributed by atoms with Gasteiger partial charge in [0, 0.05) is 23.3 Å². The number of thioether (sulfide) groups is 1. The lowest BCUT2D eigenvalue weighted by Gasteiger charge is -2.15. The van der Waals surface area contributed by atoms with Gasteiger partial charge in [0.1, 0.15) is 17.1 Å². The van der Waals surface area contributed by atoms with Crippen LogP contribution in [-0.2, 0) is 15.2 Å². The van der Waals surface area contributed by atoms with Crippen molar-refractivity contribution >= 4 is 17.7 Å². The summed E-state index contributed by atoms with van der Waals surface area (Å²) >= 11 is 1.44. The molecule has 6 heteroatoms. The SMILES string of the molecule is CCCOC(=O)c1c(OCOC)ccc(F)c1CSc1ccccc1. The maximum atomic E-state index is 14.4. The molecule has 0 aromatic heterocycles. The summed E-state index contributed by atoms with van der Waals surface area (Å²) in [6, 6.07) is 12.3. The van der Waals surface area contributed by atoms with E-state index in [0.29, 0.717) is 6.42 Å². The normalized spacial score (nSPS) is 10.5. The van der Waals surface area contributed by atoms with Gasteiger partial charge in [-0.2, -0.15) is 0 Å². The summed E-state index contributed by atoms with van der Waals surface area (Å²) in [5, 5.41) is 0. The van der Waals surface area contributed by atoms with Crippen molar-refractivity contribution in [2.45, 2.75) is 24.0 Å². The number of ether oxygens (including phenoxy) is 3. The number of rotatable bonds is 9. The van der Waals surface area contributed by atoms with Crippen molar-refractivity contribution in [3.8, 4) is 5.75 Å². The van der Waals surface area contributed by atoms with E-state index in [-0.39, 0.29) is 36.0 Å². The molecule has 0 heterocycles. The summed E-state index contributed by atoms with van der Waals surface area (Å²) in [6.45, 7) is 2.13. The Bertz CT molecular complexity index is 691. The van der Waals surface area contributed by atoms with Crippen LogP contribution < -0.4 is 4.74 Å². The van der Waals surface area contributed by atoms with Crippen LogP contribution in [0.5, 0.6) is 5.75 Å². The van der Waals surface area contributed by atoms with Crippen molar-refractivity contribution in [1.82, 2.24) is 0 Å². The molecule has 0 saturated carbocycles. The first-order valence-electron chi connectivity index (χ1n) is 7.95. The maximum Gasteiger partial charge on any atom is 0.342 e. The van der Waals surface area contributed by atoms with E-state index in [4.69, 9.17) is 14.2 Å². The van der Waals surface area contributed by atoms with Gasteiger partial charge in [0.15, 0.2) is 6.79 Å². The van der Waals surface area contributed by atoms with Crippen LogP contribution in [0.25, 0.3) is 0 Å². The van der Waals surface area contributed by atoms with Crippen LogP contribution in [0.2, 0.25) is 0 Å². The fraction of sp³-hybridized carbons (Fsp3) is 0.316. The Kier molecular flexibility index (Phi) is 7.76. The van der Waals surface area contributed by atoms with Gasteiger partial charge < -0.3 is 14.2 Å². The number of esters is 1. The second kappa shape index (κ2) is 10.1. The molecule has 0 fully saturated rings. The Morgan fingerprint density at radius 1 is 1.16 bits per heavy atom. The minimum atomic E-state index is -0.587. The Balaban J connectivity index is 2.32. The van der Waals surface area contributed by atoms with Crippen LogP contribution >= 0.6 is 11.8 Å². The minimum Gasteiger partial charge on any atom is -0.467 e. The molecule has 2 aromatic carbocycles. The van der Waals surface area contributed by atoms with Crippen molar-refractivity contribution < 1.29 is 23.4 Å². The summed E-state index contributed by atoms with van der Waals surface area (Å²) in [4.78, 5) is 13.4. The molecular weight excluding hydrogens is 343 g/mol. The lowest BCUT2D eigenvalue weighted by atomic mass is 10.1. The van der Waals surface area contributed by atoms with Crippen LogP contribution in [0.3, 0.4) is 0 Å². The van der Waals surface area contributed by atoms with Crippen molar-refractivity contribution in [1.29, 1.82) is 0 Å². The standard InChI is InChI=1S/C19H21FO4S/c1-3-11-23-19(21)18-15(12-25-14-7-5-4-6-8-14)16(20)9-10-17(18)24-13-22-2/h4-10H,3,11-13H2,1-2H3. The van der Waals surface area contributed by atoms with E-state index in [9.17, 15) is 9.18 Å². The highest BCUT2D eigenvalue weighted by Crippen LogP contribution is 2.31. The Morgan fingerprint density at radius 2 is 1.92 bits per heavy atom. The van der Waals surface area contributed by atoms with E-state index in [1.807, 2.05) is 37.3 Å². The van der Waals surface area contributed by atoms with E-state index < -0.39 is 11.8 Å². The minimum absolute atomic E-state index is 0.0367. The maximum absolute atomic E-state index is 14.4. The van der Waals surface area contributed by atoms with E-state index in [1.165, 1.54) is 31.0 Å². The molecule has 0 radical (unpaired) electrons. The molecule has 25 heavy (non-hydrogen) atoms. The van der Waals surface area contributed by atoms with Gasteiger partial charge in [-0.25, -0.2) is 9.18 Å². The number of carbonyl (C=O) groups is 1. The van der Waals surface area contributed by atoms with Crippen LogP contribution in [0, 0.1) is 5.82 Å². The number of halogens is 1. The molecule has 2 rings (SSSR count). The predicted octanol–water partition coefficient (Wildman–Crippen LogP) is 4.67. The third kappa shape index (κ3) is 5.47. The Hall–Kier alpha value is -2.05. The van der Waals surface area contributed by atoms with Gasteiger partial charge in [0.05, 0.1) is 6.61 Å². The van der Waals surface area contributed by atoms with Crippen molar-refractivity contribution in [3.05, 3.63) is 59.4 Å². The molecule has 0 aliphatic heterocycles. The Labute approximate surface area is 151 Å². The predicted molar refractivity (Wildman–Crippen MR) is 95.5 cm³/mol. The zero-order valence-corrected chi connectivity index (χ0v) is 15.1. The van der Waals surface area contributed by atoms with Crippen LogP contribution in [0.4, 0.5) is 4.39 Å². The molecule has 4 nitrogen and oxygen atoms in total. The van der Waals surface area contributed by atoms with Gasteiger partial charge in [-0.3, -0.25) is 0 Å². The van der Waals surface area contributed by atoms with Gasteiger partial charge in [0.25, 0.3) is 0 Å². The van der Waals surface area contributed by atoms with Gasteiger partial charge in [-0.1, -0.05) is 25.1 Å². The van der Waals surface area contributed by atoms with E-state index in [0.717, 1.165) is 4.90 Å². The van der Waals surface area contributed by atoms with Crippen LogP contribution in [0.15, 0.2) is 47.4 Å². The topological polar surface area (TPSA) is 44.8 Å². The van der Waals surface area contributed by atoms with Crippen molar-refractivity contribution in [2.75, 3.05) is 20.5 Å². The summed E-state index contributed by atoms with van der Waals surface area (Å²) in [6.07, 6.45) is 0.684. The quantitative estimate of drug-likeness (QED) is 0.368. The fourth-order valence-electron chi connectivity index (χ4n) is 2.15. The third-order valence-electron chi connectivity index (χ3n) is 3.32. The smallest absolute Gasteiger partial charge is 0.342 e. The monoisotopic (exact) mass is 364 g/mol. The summed E-state index contributed by atoms with van der Waals surface area (Å²) in [5.41, 5.74) is 0.387. The molecule has 134 valence electrons. The number of methoxy groups -OCH3 is 1. The van der Waals surface area contributed by atoms with Crippen molar-refractivity contribution in [3.63, 3.8) is 0 Å². The van der Waals surface area contributed by atoms with Gasteiger partial charge >= 0.3 is 5.97 Å². The van der Waals surface area contributed by atoms with Gasteiger partial charge in [-0.05, 0) is 30.7 Å². The summed E-state index contributed by atoms with van der Waals surface area (Å²) in [5.74, 6) is -0.503. The Morgan fingerprint density at radius 3 is 2.60 bits per heavy atom. The number of hydrogen-bond donors (Lipinski definition) is 0. The van der Waals surface area contributed by atoms with Gasteiger partial charge in [0.2, 0.25) is 0 Å². The largest absolute Gasteiger partial charge is 0.467 e. The second-order valence-electron chi connectivity index (χ2n) is 5.19. The molecule has 0 aliphatic rings. The van der Waals surface area contributed by atoms with Crippen LogP contribution in [-0.4, -0.2) is 26.5 Å². The molecule has 0 aliphatic carbocycles. The average Bonchev–Trinajstić information content (AvgIpc) is 2.64. The highest BCUT2D eigenvalue weighted by molar-refractivity contribution is 7.98. The first-order chi connectivity index (χ1) is 12.2. The molecule has 2 aromatic rings.